The molecule has 0 saturated carbocycles. The summed E-state index contributed by atoms with van der Waals surface area (Å²) in [6, 6.07) is 0. The molecule has 0 fully saturated rings. The lowest BCUT2D eigenvalue weighted by Gasteiger charge is -2.19. The van der Waals surface area contributed by atoms with E-state index in [1.807, 2.05) is 0 Å². The van der Waals surface area contributed by atoms with E-state index in [1.54, 1.807) is 0 Å². The van der Waals surface area contributed by atoms with E-state index in [4.69, 9.17) is 0 Å². The van der Waals surface area contributed by atoms with Gasteiger partial charge in [-0.25, -0.2) is 0 Å². The molecule has 1 atom stereocenters. The van der Waals surface area contributed by atoms with Crippen molar-refractivity contribution in [3.05, 3.63) is 12.2 Å². The third-order valence-electron chi connectivity index (χ3n) is 6.95. The number of rotatable bonds is 24. The van der Waals surface area contributed by atoms with Gasteiger partial charge in [0.15, 0.2) is 0 Å². The molecule has 0 aromatic rings. The van der Waals surface area contributed by atoms with Crippen LogP contribution in [0.25, 0.3) is 0 Å². The van der Waals surface area contributed by atoms with E-state index in [0.717, 1.165) is 11.8 Å². The summed E-state index contributed by atoms with van der Waals surface area (Å²) in [6.07, 6.45) is 36.5. The molecule has 0 aromatic carbocycles. The zero-order valence-corrected chi connectivity index (χ0v) is 21.9. The normalized spacial score (nSPS) is 13.0. The Morgan fingerprint density at radius 1 is 0.467 bits per heavy atom. The summed E-state index contributed by atoms with van der Waals surface area (Å²) < 4.78 is 0. The molecule has 0 aromatic heterocycles. The van der Waals surface area contributed by atoms with E-state index in [2.05, 4.69) is 39.8 Å². The van der Waals surface area contributed by atoms with E-state index in [1.165, 1.54) is 141 Å². The molecule has 1 unspecified atom stereocenters. The van der Waals surface area contributed by atoms with E-state index in [0.29, 0.717) is 0 Å². The van der Waals surface area contributed by atoms with Crippen molar-refractivity contribution < 1.29 is 0 Å². The fraction of sp³-hybridized carbons (Fsp3) is 0.933. The lowest BCUT2D eigenvalue weighted by atomic mass is 9.87. The Balaban J connectivity index is 3.43. The van der Waals surface area contributed by atoms with Crippen molar-refractivity contribution in [2.75, 3.05) is 0 Å². The van der Waals surface area contributed by atoms with Gasteiger partial charge in [-0.15, -0.1) is 0 Å². The molecular weight excluding hydrogens is 360 g/mol. The molecule has 0 heterocycles. The Hall–Kier alpha value is -0.260. The van der Waals surface area contributed by atoms with Crippen LogP contribution in [0.2, 0.25) is 0 Å². The molecule has 0 rings (SSSR count). The van der Waals surface area contributed by atoms with Crippen molar-refractivity contribution in [2.45, 2.75) is 169 Å². The van der Waals surface area contributed by atoms with Crippen LogP contribution in [0.3, 0.4) is 0 Å². The minimum atomic E-state index is 0.835. The number of unbranched alkanes of at least 4 members (excludes halogenated alkanes) is 18. The monoisotopic (exact) mass is 420 g/mol. The highest BCUT2D eigenvalue weighted by atomic mass is 14.2. The second-order valence-corrected chi connectivity index (χ2v) is 10.3. The van der Waals surface area contributed by atoms with Crippen molar-refractivity contribution >= 4 is 0 Å². The number of hydrogen-bond acceptors (Lipinski definition) is 0. The summed E-state index contributed by atoms with van der Waals surface area (Å²) in [5.41, 5.74) is 0. The predicted octanol–water partition coefficient (Wildman–Crippen LogP) is 11.4. The van der Waals surface area contributed by atoms with Crippen LogP contribution in [-0.2, 0) is 0 Å². The van der Waals surface area contributed by atoms with Gasteiger partial charge in [-0.2, -0.15) is 0 Å². The Bertz CT molecular complexity index is 327. The van der Waals surface area contributed by atoms with Crippen LogP contribution < -0.4 is 0 Å². The van der Waals surface area contributed by atoms with E-state index < -0.39 is 0 Å². The lowest BCUT2D eigenvalue weighted by molar-refractivity contribution is 0.347. The van der Waals surface area contributed by atoms with Gasteiger partial charge in [-0.1, -0.05) is 155 Å². The molecule has 30 heavy (non-hydrogen) atoms. The first-order chi connectivity index (χ1) is 14.7. The van der Waals surface area contributed by atoms with Crippen molar-refractivity contribution in [2.24, 2.45) is 11.8 Å². The maximum Gasteiger partial charge on any atom is -0.0320 e. The second kappa shape index (κ2) is 25.0. The highest BCUT2D eigenvalue weighted by Gasteiger charge is 2.11. The first-order valence-corrected chi connectivity index (χ1v) is 14.4. The Morgan fingerprint density at radius 2 is 0.867 bits per heavy atom. The molecule has 0 aliphatic heterocycles. The zero-order chi connectivity index (χ0) is 22.1. The first-order valence-electron chi connectivity index (χ1n) is 14.4. The molecule has 0 bridgehead atoms. The largest absolute Gasteiger partial charge is 0.0885 e. The fourth-order valence-corrected chi connectivity index (χ4v) is 4.58. The van der Waals surface area contributed by atoms with Crippen molar-refractivity contribution in [1.82, 2.24) is 0 Å². The highest BCUT2D eigenvalue weighted by Crippen LogP contribution is 2.23. The Kier molecular flexibility index (Phi) is 24.8. The fourth-order valence-electron chi connectivity index (χ4n) is 4.58. The summed E-state index contributed by atoms with van der Waals surface area (Å²) >= 11 is 0. The molecule has 0 aliphatic carbocycles. The van der Waals surface area contributed by atoms with Gasteiger partial charge in [0.05, 0.1) is 0 Å². The SMILES string of the molecule is CCCCCC/C=C/CC(CCCCCCCCCCCCCCCCC)C(C)C. The van der Waals surface area contributed by atoms with E-state index >= 15 is 0 Å². The molecule has 0 saturated heterocycles. The van der Waals surface area contributed by atoms with Crippen LogP contribution in [0.4, 0.5) is 0 Å². The summed E-state index contributed by atoms with van der Waals surface area (Å²) in [7, 11) is 0. The molecule has 0 heteroatoms. The van der Waals surface area contributed by atoms with Crippen LogP contribution in [0.5, 0.6) is 0 Å². The molecular formula is C30H60. The summed E-state index contributed by atoms with van der Waals surface area (Å²) in [5, 5.41) is 0. The molecule has 0 N–H and O–H groups in total. The summed E-state index contributed by atoms with van der Waals surface area (Å²) in [5.74, 6) is 1.74. The Labute approximate surface area is 193 Å². The van der Waals surface area contributed by atoms with Gasteiger partial charge in [0.2, 0.25) is 0 Å². The van der Waals surface area contributed by atoms with Gasteiger partial charge in [-0.05, 0) is 37.5 Å². The second-order valence-electron chi connectivity index (χ2n) is 10.3. The number of allylic oxidation sites excluding steroid dienone is 2. The van der Waals surface area contributed by atoms with Crippen LogP contribution in [0.15, 0.2) is 12.2 Å². The molecule has 0 radical (unpaired) electrons. The van der Waals surface area contributed by atoms with Gasteiger partial charge < -0.3 is 0 Å². The Morgan fingerprint density at radius 3 is 1.30 bits per heavy atom. The minimum absolute atomic E-state index is 0.835. The van der Waals surface area contributed by atoms with Crippen molar-refractivity contribution in [3.8, 4) is 0 Å². The highest BCUT2D eigenvalue weighted by molar-refractivity contribution is 4.85. The quantitative estimate of drug-likeness (QED) is 0.107. The standard InChI is InChI=1S/C30H60/c1-5-7-9-11-13-14-15-16-17-18-19-20-22-24-26-28-30(29(3)4)27-25-23-21-12-10-8-6-2/h23,25,29-30H,5-22,24,26-28H2,1-4H3/b25-23+. The van der Waals surface area contributed by atoms with Gasteiger partial charge in [-0.3, -0.25) is 0 Å². The van der Waals surface area contributed by atoms with Crippen LogP contribution in [0.1, 0.15) is 169 Å². The molecule has 0 amide bonds. The number of hydrogen-bond donors (Lipinski definition) is 0. The predicted molar refractivity (Wildman–Crippen MR) is 140 cm³/mol. The molecule has 0 spiro atoms. The first kappa shape index (κ1) is 29.7. The third-order valence-corrected chi connectivity index (χ3v) is 6.95. The minimum Gasteiger partial charge on any atom is -0.0885 e. The van der Waals surface area contributed by atoms with Gasteiger partial charge in [0.1, 0.15) is 0 Å². The van der Waals surface area contributed by atoms with Gasteiger partial charge >= 0.3 is 0 Å². The van der Waals surface area contributed by atoms with Gasteiger partial charge in [0.25, 0.3) is 0 Å². The summed E-state index contributed by atoms with van der Waals surface area (Å²) in [6.45, 7) is 9.44. The van der Waals surface area contributed by atoms with Crippen molar-refractivity contribution in [3.63, 3.8) is 0 Å². The topological polar surface area (TPSA) is 0 Å². The van der Waals surface area contributed by atoms with E-state index in [-0.39, 0.29) is 0 Å². The van der Waals surface area contributed by atoms with E-state index in [9.17, 15) is 0 Å². The van der Waals surface area contributed by atoms with Crippen LogP contribution in [-0.4, -0.2) is 0 Å². The van der Waals surface area contributed by atoms with Gasteiger partial charge in [0, 0.05) is 0 Å². The average molecular weight is 421 g/mol. The lowest BCUT2D eigenvalue weighted by Crippen LogP contribution is -2.07. The molecule has 0 aliphatic rings. The summed E-state index contributed by atoms with van der Waals surface area (Å²) in [4.78, 5) is 0. The van der Waals surface area contributed by atoms with Crippen LogP contribution >= 0.6 is 0 Å². The third kappa shape index (κ3) is 22.4. The maximum atomic E-state index is 2.49. The maximum absolute atomic E-state index is 2.49. The average Bonchev–Trinajstić information content (AvgIpc) is 2.74. The van der Waals surface area contributed by atoms with Crippen LogP contribution in [0, 0.1) is 11.8 Å². The molecule has 0 nitrogen and oxygen atoms in total. The smallest absolute Gasteiger partial charge is 0.0320 e. The molecule has 180 valence electrons. The van der Waals surface area contributed by atoms with Crippen molar-refractivity contribution in [1.29, 1.82) is 0 Å². The zero-order valence-electron chi connectivity index (χ0n) is 21.9.